The van der Waals surface area contributed by atoms with E-state index in [4.69, 9.17) is 11.6 Å². The van der Waals surface area contributed by atoms with Gasteiger partial charge in [0.05, 0.1) is 11.3 Å². The lowest BCUT2D eigenvalue weighted by Gasteiger charge is -2.27. The molecule has 2 amide bonds. The molecule has 0 atom stereocenters. The van der Waals surface area contributed by atoms with E-state index < -0.39 is 0 Å². The van der Waals surface area contributed by atoms with Crippen LogP contribution in [0.1, 0.15) is 26.3 Å². The fourth-order valence-electron chi connectivity index (χ4n) is 4.27. The van der Waals surface area contributed by atoms with Crippen LogP contribution in [0.2, 0.25) is 5.02 Å². The number of carbonyl (C=O) groups excluding carboxylic acids is 2. The summed E-state index contributed by atoms with van der Waals surface area (Å²) >= 11 is 6.07. The zero-order valence-electron chi connectivity index (χ0n) is 21.3. The van der Waals surface area contributed by atoms with Gasteiger partial charge in [0.1, 0.15) is 0 Å². The van der Waals surface area contributed by atoms with E-state index in [2.05, 4.69) is 15.5 Å². The quantitative estimate of drug-likeness (QED) is 0.221. The average Bonchev–Trinajstić information content (AvgIpc) is 2.97. The second-order valence-corrected chi connectivity index (χ2v) is 9.40. The molecule has 0 saturated heterocycles. The van der Waals surface area contributed by atoms with Gasteiger partial charge in [0.15, 0.2) is 0 Å². The summed E-state index contributed by atoms with van der Waals surface area (Å²) in [6.07, 6.45) is 0. The molecule has 6 heteroatoms. The fraction of sp³-hybridized carbons (Fsp3) is 0.0303. The average molecular weight is 532 g/mol. The number of hydrogen-bond donors (Lipinski definition) is 2. The highest BCUT2D eigenvalue weighted by molar-refractivity contribution is 6.31. The zero-order valence-corrected chi connectivity index (χ0v) is 22.0. The van der Waals surface area contributed by atoms with E-state index in [1.165, 1.54) is 0 Å². The first-order valence-corrected chi connectivity index (χ1v) is 12.9. The number of benzene rings is 5. The number of aryl methyl sites for hydroxylation is 1. The van der Waals surface area contributed by atoms with Crippen LogP contribution >= 0.6 is 11.6 Å². The zero-order chi connectivity index (χ0) is 27.2. The van der Waals surface area contributed by atoms with Crippen LogP contribution in [0.5, 0.6) is 0 Å². The lowest BCUT2D eigenvalue weighted by molar-refractivity contribution is 0.102. The lowest BCUT2D eigenvalue weighted by atomic mass is 10.1. The molecule has 0 fully saturated rings. The number of halogens is 1. The van der Waals surface area contributed by atoms with Crippen molar-refractivity contribution in [1.29, 1.82) is 0 Å². The van der Waals surface area contributed by atoms with Gasteiger partial charge in [-0.2, -0.15) is 0 Å². The Labute approximate surface area is 232 Å². The van der Waals surface area contributed by atoms with Crippen LogP contribution in [0.25, 0.3) is 0 Å². The molecule has 0 heterocycles. The SMILES string of the molecule is Cc1ccc(Cl)cc1NC(=O)c1ccc(NC(=O)c2ccccc2N(c2ccccc2)c2ccccc2)cc1. The highest BCUT2D eigenvalue weighted by atomic mass is 35.5. The number of para-hydroxylation sites is 3. The van der Waals surface area contributed by atoms with Crippen molar-refractivity contribution in [3.8, 4) is 0 Å². The maximum Gasteiger partial charge on any atom is 0.257 e. The third-order valence-electron chi connectivity index (χ3n) is 6.27. The van der Waals surface area contributed by atoms with Gasteiger partial charge in [-0.15, -0.1) is 0 Å². The molecule has 0 radical (unpaired) electrons. The molecule has 0 aliphatic rings. The van der Waals surface area contributed by atoms with Crippen molar-refractivity contribution in [1.82, 2.24) is 0 Å². The van der Waals surface area contributed by atoms with Crippen molar-refractivity contribution in [3.63, 3.8) is 0 Å². The maximum atomic E-state index is 13.5. The third-order valence-corrected chi connectivity index (χ3v) is 6.51. The molecule has 0 bridgehead atoms. The number of carbonyl (C=O) groups is 2. The van der Waals surface area contributed by atoms with Gasteiger partial charge in [0, 0.05) is 33.3 Å². The van der Waals surface area contributed by atoms with Crippen molar-refractivity contribution in [2.45, 2.75) is 6.92 Å². The minimum atomic E-state index is -0.259. The first-order valence-electron chi connectivity index (χ1n) is 12.5. The molecular formula is C33H26ClN3O2. The largest absolute Gasteiger partial charge is 0.322 e. The molecule has 0 aliphatic heterocycles. The molecular weight excluding hydrogens is 506 g/mol. The topological polar surface area (TPSA) is 61.4 Å². The summed E-state index contributed by atoms with van der Waals surface area (Å²) in [7, 11) is 0. The second-order valence-electron chi connectivity index (χ2n) is 8.97. The molecule has 39 heavy (non-hydrogen) atoms. The molecule has 192 valence electrons. The molecule has 5 aromatic rings. The Morgan fingerprint density at radius 2 is 1.23 bits per heavy atom. The predicted molar refractivity (Wildman–Crippen MR) is 160 cm³/mol. The van der Waals surface area contributed by atoms with E-state index in [0.717, 1.165) is 22.6 Å². The van der Waals surface area contributed by atoms with Crippen molar-refractivity contribution in [2.24, 2.45) is 0 Å². The van der Waals surface area contributed by atoms with Crippen LogP contribution in [-0.2, 0) is 0 Å². The summed E-state index contributed by atoms with van der Waals surface area (Å²) < 4.78 is 0. The second kappa shape index (κ2) is 11.7. The number of anilines is 5. The summed E-state index contributed by atoms with van der Waals surface area (Å²) in [6.45, 7) is 1.90. The van der Waals surface area contributed by atoms with Gasteiger partial charge in [-0.25, -0.2) is 0 Å². The molecule has 5 aromatic carbocycles. The Hall–Kier alpha value is -4.87. The minimum absolute atomic E-state index is 0.255. The van der Waals surface area contributed by atoms with E-state index in [1.54, 1.807) is 42.5 Å². The molecule has 0 spiro atoms. The van der Waals surface area contributed by atoms with Crippen LogP contribution in [0.3, 0.4) is 0 Å². The van der Waals surface area contributed by atoms with Gasteiger partial charge >= 0.3 is 0 Å². The Morgan fingerprint density at radius 1 is 0.641 bits per heavy atom. The van der Waals surface area contributed by atoms with Crippen molar-refractivity contribution >= 4 is 51.9 Å². The summed E-state index contributed by atoms with van der Waals surface area (Å²) in [5, 5.41) is 6.41. The van der Waals surface area contributed by atoms with Crippen LogP contribution in [0, 0.1) is 6.92 Å². The highest BCUT2D eigenvalue weighted by Gasteiger charge is 2.19. The smallest absolute Gasteiger partial charge is 0.257 e. The van der Waals surface area contributed by atoms with Crippen molar-refractivity contribution in [2.75, 3.05) is 15.5 Å². The number of nitrogens with one attached hydrogen (secondary N) is 2. The van der Waals surface area contributed by atoms with E-state index in [1.807, 2.05) is 91.9 Å². The summed E-state index contributed by atoms with van der Waals surface area (Å²) in [5.41, 5.74) is 5.76. The Morgan fingerprint density at radius 3 is 1.87 bits per heavy atom. The number of nitrogens with zero attached hydrogens (tertiary/aromatic N) is 1. The molecule has 0 aromatic heterocycles. The molecule has 0 unspecified atom stereocenters. The Kier molecular flexibility index (Phi) is 7.71. The van der Waals surface area contributed by atoms with Crippen molar-refractivity contribution in [3.05, 3.63) is 149 Å². The Balaban J connectivity index is 1.38. The minimum Gasteiger partial charge on any atom is -0.322 e. The van der Waals surface area contributed by atoms with Gasteiger partial charge in [-0.1, -0.05) is 66.2 Å². The summed E-state index contributed by atoms with van der Waals surface area (Å²) in [5.74, 6) is -0.515. The van der Waals surface area contributed by atoms with Crippen LogP contribution in [-0.4, -0.2) is 11.8 Å². The molecule has 5 nitrogen and oxygen atoms in total. The van der Waals surface area contributed by atoms with Gasteiger partial charge in [0.25, 0.3) is 11.8 Å². The van der Waals surface area contributed by atoms with Crippen LogP contribution in [0.4, 0.5) is 28.4 Å². The lowest BCUT2D eigenvalue weighted by Crippen LogP contribution is -2.18. The number of rotatable bonds is 7. The van der Waals surface area contributed by atoms with E-state index in [9.17, 15) is 9.59 Å². The van der Waals surface area contributed by atoms with Gasteiger partial charge in [-0.3, -0.25) is 9.59 Å². The van der Waals surface area contributed by atoms with Gasteiger partial charge < -0.3 is 15.5 Å². The first kappa shape index (κ1) is 25.8. The van der Waals surface area contributed by atoms with E-state index in [-0.39, 0.29) is 11.8 Å². The normalized spacial score (nSPS) is 10.5. The third kappa shape index (κ3) is 6.00. The van der Waals surface area contributed by atoms with Crippen LogP contribution in [0.15, 0.2) is 127 Å². The number of amides is 2. The maximum absolute atomic E-state index is 13.5. The van der Waals surface area contributed by atoms with Gasteiger partial charge in [-0.05, 0) is 85.3 Å². The molecule has 0 aliphatic carbocycles. The predicted octanol–water partition coefficient (Wildman–Crippen LogP) is 8.62. The van der Waals surface area contributed by atoms with E-state index >= 15 is 0 Å². The molecule has 0 saturated carbocycles. The monoisotopic (exact) mass is 531 g/mol. The summed E-state index contributed by atoms with van der Waals surface area (Å²) in [4.78, 5) is 28.3. The highest BCUT2D eigenvalue weighted by Crippen LogP contribution is 2.36. The first-order chi connectivity index (χ1) is 19.0. The van der Waals surface area contributed by atoms with Crippen molar-refractivity contribution < 1.29 is 9.59 Å². The summed E-state index contributed by atoms with van der Waals surface area (Å²) in [6, 6.07) is 39.5. The standard InChI is InChI=1S/C33H26ClN3O2/c1-23-16-19-25(34)22-30(23)36-32(38)24-17-20-26(21-18-24)35-33(39)29-14-8-9-15-31(29)37(27-10-4-2-5-11-27)28-12-6-3-7-13-28/h2-22H,1H3,(H,35,39)(H,36,38). The van der Waals surface area contributed by atoms with Gasteiger partial charge in [0.2, 0.25) is 0 Å². The van der Waals surface area contributed by atoms with E-state index in [0.29, 0.717) is 27.5 Å². The molecule has 5 rings (SSSR count). The van der Waals surface area contributed by atoms with Crippen LogP contribution < -0.4 is 15.5 Å². The fourth-order valence-corrected chi connectivity index (χ4v) is 4.44. The number of hydrogen-bond acceptors (Lipinski definition) is 3. The Bertz CT molecular complexity index is 1560. The molecule has 2 N–H and O–H groups in total.